The van der Waals surface area contributed by atoms with Crippen LogP contribution in [-0.4, -0.2) is 34.2 Å². The van der Waals surface area contributed by atoms with Crippen molar-refractivity contribution in [3.8, 4) is 5.75 Å². The van der Waals surface area contributed by atoms with E-state index in [1.807, 2.05) is 4.90 Å². The van der Waals surface area contributed by atoms with E-state index in [1.165, 1.54) is 6.07 Å². The Balaban J connectivity index is 2.09. The molecule has 2 N–H and O–H groups in total. The van der Waals surface area contributed by atoms with Gasteiger partial charge in [0.2, 0.25) is 0 Å². The van der Waals surface area contributed by atoms with Crippen molar-refractivity contribution >= 4 is 29.2 Å². The molecule has 1 unspecified atom stereocenters. The fraction of sp³-hybridized carbons (Fsp3) is 0.417. The lowest BCUT2D eigenvalue weighted by molar-refractivity contribution is -0.141. The number of aliphatic carboxylic acids is 1. The molecule has 1 saturated heterocycles. The molecular weight excluding hydrogens is 277 g/mol. The molecule has 0 spiro atoms. The molecule has 1 aromatic carbocycles. The number of rotatable bonds is 3. The summed E-state index contributed by atoms with van der Waals surface area (Å²) in [6.07, 6.45) is 0.629. The second-order valence-electron chi connectivity index (χ2n) is 4.45. The van der Waals surface area contributed by atoms with Crippen molar-refractivity contribution in [2.45, 2.75) is 13.0 Å². The average Bonchev–Trinajstić information content (AvgIpc) is 2.74. The molecule has 2 rings (SSSR count). The van der Waals surface area contributed by atoms with E-state index >= 15 is 0 Å². The number of carboxylic acid groups (broad SMARTS) is 1. The van der Waals surface area contributed by atoms with E-state index in [0.29, 0.717) is 36.6 Å². The molecule has 0 amide bonds. The summed E-state index contributed by atoms with van der Waals surface area (Å²) in [7, 11) is 0. The van der Waals surface area contributed by atoms with Gasteiger partial charge in [-0.1, -0.05) is 23.2 Å². The molecule has 1 aromatic rings. The summed E-state index contributed by atoms with van der Waals surface area (Å²) in [5.41, 5.74) is 0.624. The number of carbonyl (C=O) groups is 1. The van der Waals surface area contributed by atoms with Crippen LogP contribution in [0.2, 0.25) is 10.0 Å². The van der Waals surface area contributed by atoms with Crippen molar-refractivity contribution in [1.82, 2.24) is 4.90 Å². The SMILES string of the molecule is O=C(O)C1CCN(Cc2cc(Cl)cc(Cl)c2O)C1. The summed E-state index contributed by atoms with van der Waals surface area (Å²) in [5.74, 6) is -1.09. The monoisotopic (exact) mass is 289 g/mol. The first-order valence-corrected chi connectivity index (χ1v) is 6.35. The lowest BCUT2D eigenvalue weighted by Gasteiger charge is -2.16. The van der Waals surface area contributed by atoms with Crippen LogP contribution in [0.3, 0.4) is 0 Å². The van der Waals surface area contributed by atoms with E-state index in [0.717, 1.165) is 0 Å². The summed E-state index contributed by atoms with van der Waals surface area (Å²) in [5, 5.41) is 19.4. The minimum Gasteiger partial charge on any atom is -0.506 e. The first kappa shape index (κ1) is 13.5. The Bertz CT molecular complexity index is 479. The zero-order chi connectivity index (χ0) is 13.3. The quantitative estimate of drug-likeness (QED) is 0.898. The predicted octanol–water partition coefficient (Wildman–Crippen LogP) is 2.61. The molecule has 98 valence electrons. The zero-order valence-electron chi connectivity index (χ0n) is 9.57. The second kappa shape index (κ2) is 5.34. The summed E-state index contributed by atoms with van der Waals surface area (Å²) >= 11 is 11.7. The van der Waals surface area contributed by atoms with Gasteiger partial charge in [0.15, 0.2) is 0 Å². The van der Waals surface area contributed by atoms with Crippen LogP contribution < -0.4 is 0 Å². The number of hydrogen-bond donors (Lipinski definition) is 2. The van der Waals surface area contributed by atoms with Crippen molar-refractivity contribution in [3.05, 3.63) is 27.7 Å². The Morgan fingerprint density at radius 1 is 1.44 bits per heavy atom. The molecule has 1 aliphatic rings. The smallest absolute Gasteiger partial charge is 0.307 e. The zero-order valence-corrected chi connectivity index (χ0v) is 11.1. The normalized spacial score (nSPS) is 20.2. The molecule has 0 aromatic heterocycles. The number of halogens is 2. The highest BCUT2D eigenvalue weighted by Gasteiger charge is 2.28. The van der Waals surface area contributed by atoms with Crippen molar-refractivity contribution in [1.29, 1.82) is 0 Å². The third-order valence-corrected chi connectivity index (χ3v) is 3.63. The highest BCUT2D eigenvalue weighted by molar-refractivity contribution is 6.35. The summed E-state index contributed by atoms with van der Waals surface area (Å²) < 4.78 is 0. The predicted molar refractivity (Wildman–Crippen MR) is 69.1 cm³/mol. The van der Waals surface area contributed by atoms with E-state index in [-0.39, 0.29) is 16.7 Å². The number of aromatic hydroxyl groups is 1. The Labute approximate surface area is 115 Å². The first-order valence-electron chi connectivity index (χ1n) is 5.59. The molecule has 0 radical (unpaired) electrons. The number of phenols is 1. The number of benzene rings is 1. The van der Waals surface area contributed by atoms with E-state index in [4.69, 9.17) is 28.3 Å². The minimum absolute atomic E-state index is 0.0137. The van der Waals surface area contributed by atoms with Gasteiger partial charge in [-0.25, -0.2) is 0 Å². The fourth-order valence-electron chi connectivity index (χ4n) is 2.16. The van der Waals surface area contributed by atoms with Gasteiger partial charge < -0.3 is 10.2 Å². The molecular formula is C12H13Cl2NO3. The van der Waals surface area contributed by atoms with Crippen LogP contribution in [-0.2, 0) is 11.3 Å². The van der Waals surface area contributed by atoms with Crippen LogP contribution in [0.4, 0.5) is 0 Å². The minimum atomic E-state index is -0.772. The van der Waals surface area contributed by atoms with Crippen molar-refractivity contribution in [2.24, 2.45) is 5.92 Å². The molecule has 4 nitrogen and oxygen atoms in total. The Kier molecular flexibility index (Phi) is 4.00. The standard InChI is InChI=1S/C12H13Cl2NO3/c13-9-3-8(11(16)10(14)4-9)6-15-2-1-7(5-15)12(17)18/h3-4,7,16H,1-2,5-6H2,(H,17,18). The van der Waals surface area contributed by atoms with E-state index in [1.54, 1.807) is 6.07 Å². The molecule has 1 aliphatic heterocycles. The van der Waals surface area contributed by atoms with Gasteiger partial charge in [0.1, 0.15) is 5.75 Å². The molecule has 0 bridgehead atoms. The largest absolute Gasteiger partial charge is 0.506 e. The van der Waals surface area contributed by atoms with Gasteiger partial charge in [0.05, 0.1) is 10.9 Å². The second-order valence-corrected chi connectivity index (χ2v) is 5.30. The fourth-order valence-corrected chi connectivity index (χ4v) is 2.69. The van der Waals surface area contributed by atoms with Crippen molar-refractivity contribution in [3.63, 3.8) is 0 Å². The summed E-state index contributed by atoms with van der Waals surface area (Å²) in [4.78, 5) is 12.8. The third-order valence-electron chi connectivity index (χ3n) is 3.12. The first-order chi connectivity index (χ1) is 8.47. The number of phenolic OH excluding ortho intramolecular Hbond substituents is 1. The van der Waals surface area contributed by atoms with Crippen LogP contribution in [0.1, 0.15) is 12.0 Å². The Morgan fingerprint density at radius 2 is 2.17 bits per heavy atom. The number of likely N-dealkylation sites (tertiary alicyclic amines) is 1. The number of carboxylic acids is 1. The van der Waals surface area contributed by atoms with Crippen molar-refractivity contribution in [2.75, 3.05) is 13.1 Å². The number of nitrogens with zero attached hydrogens (tertiary/aromatic N) is 1. The molecule has 1 fully saturated rings. The maximum atomic E-state index is 10.9. The molecule has 0 saturated carbocycles. The summed E-state index contributed by atoms with van der Waals surface area (Å²) in [6, 6.07) is 3.13. The number of hydrogen-bond acceptors (Lipinski definition) is 3. The highest BCUT2D eigenvalue weighted by atomic mass is 35.5. The molecule has 1 heterocycles. The maximum Gasteiger partial charge on any atom is 0.307 e. The van der Waals surface area contributed by atoms with Gasteiger partial charge in [0.25, 0.3) is 0 Å². The third kappa shape index (κ3) is 2.88. The van der Waals surface area contributed by atoms with Gasteiger partial charge in [-0.3, -0.25) is 9.69 Å². The Hall–Kier alpha value is -0.970. The Morgan fingerprint density at radius 3 is 2.78 bits per heavy atom. The van der Waals surface area contributed by atoms with E-state index in [2.05, 4.69) is 0 Å². The highest BCUT2D eigenvalue weighted by Crippen LogP contribution is 2.32. The van der Waals surface area contributed by atoms with Crippen LogP contribution in [0, 0.1) is 5.92 Å². The van der Waals surface area contributed by atoms with Gasteiger partial charge in [0, 0.05) is 23.7 Å². The molecule has 1 atom stereocenters. The van der Waals surface area contributed by atoms with Crippen LogP contribution in [0.15, 0.2) is 12.1 Å². The van der Waals surface area contributed by atoms with Crippen LogP contribution >= 0.6 is 23.2 Å². The van der Waals surface area contributed by atoms with E-state index in [9.17, 15) is 9.90 Å². The summed E-state index contributed by atoms with van der Waals surface area (Å²) in [6.45, 7) is 1.63. The van der Waals surface area contributed by atoms with Crippen LogP contribution in [0.5, 0.6) is 5.75 Å². The van der Waals surface area contributed by atoms with Gasteiger partial charge >= 0.3 is 5.97 Å². The molecule has 18 heavy (non-hydrogen) atoms. The molecule has 0 aliphatic carbocycles. The van der Waals surface area contributed by atoms with Gasteiger partial charge in [-0.15, -0.1) is 0 Å². The van der Waals surface area contributed by atoms with Crippen molar-refractivity contribution < 1.29 is 15.0 Å². The lowest BCUT2D eigenvalue weighted by atomic mass is 10.1. The molecule has 6 heteroatoms. The lowest BCUT2D eigenvalue weighted by Crippen LogP contribution is -2.22. The maximum absolute atomic E-state index is 10.9. The van der Waals surface area contributed by atoms with Gasteiger partial charge in [-0.2, -0.15) is 0 Å². The van der Waals surface area contributed by atoms with Crippen LogP contribution in [0.25, 0.3) is 0 Å². The van der Waals surface area contributed by atoms with E-state index < -0.39 is 5.97 Å². The topological polar surface area (TPSA) is 60.8 Å². The average molecular weight is 290 g/mol. The van der Waals surface area contributed by atoms with Gasteiger partial charge in [-0.05, 0) is 25.1 Å².